The summed E-state index contributed by atoms with van der Waals surface area (Å²) >= 11 is 0. The van der Waals surface area contributed by atoms with Gasteiger partial charge in [-0.2, -0.15) is 0 Å². The zero-order valence-electron chi connectivity index (χ0n) is 6.03. The lowest BCUT2D eigenvalue weighted by Crippen LogP contribution is -1.88. The van der Waals surface area contributed by atoms with Crippen molar-refractivity contribution in [2.24, 2.45) is 5.92 Å². The Hall–Kier alpha value is 0. The number of fused-ring (bicyclic) bond motifs is 1. The van der Waals surface area contributed by atoms with Crippen LogP contribution < -0.4 is 0 Å². The average molecular weight is 123 g/mol. The predicted molar refractivity (Wildman–Crippen MR) is 39.1 cm³/mol. The first-order chi connectivity index (χ1) is 4.47. The summed E-state index contributed by atoms with van der Waals surface area (Å²) in [7, 11) is 0. The first kappa shape index (κ1) is 5.76. The van der Waals surface area contributed by atoms with Gasteiger partial charge in [0.05, 0.1) is 0 Å². The minimum atomic E-state index is 1.10. The second-order valence-corrected chi connectivity index (χ2v) is 3.51. The highest BCUT2D eigenvalue weighted by molar-refractivity contribution is 5.13. The topological polar surface area (TPSA) is 0 Å². The molecule has 1 radical (unpaired) electrons. The zero-order chi connectivity index (χ0) is 6.10. The molecule has 0 N–H and O–H groups in total. The first-order valence-electron chi connectivity index (χ1n) is 4.31. The standard InChI is InChI=1S/C9H15/c1-2-4-6-9-7-8(9)5-3-1/h8H,1-7H2. The maximum absolute atomic E-state index is 1.90. The normalized spacial score (nSPS) is 36.7. The summed E-state index contributed by atoms with van der Waals surface area (Å²) in [5.41, 5.74) is 0. The fourth-order valence-corrected chi connectivity index (χ4v) is 1.97. The summed E-state index contributed by atoms with van der Waals surface area (Å²) in [6.45, 7) is 0. The van der Waals surface area contributed by atoms with Crippen LogP contribution in [0.5, 0.6) is 0 Å². The Morgan fingerprint density at radius 3 is 2.89 bits per heavy atom. The summed E-state index contributed by atoms with van der Waals surface area (Å²) in [4.78, 5) is 0. The van der Waals surface area contributed by atoms with Gasteiger partial charge in [0, 0.05) is 0 Å². The van der Waals surface area contributed by atoms with Gasteiger partial charge in [-0.25, -0.2) is 0 Å². The van der Waals surface area contributed by atoms with E-state index in [0.29, 0.717) is 0 Å². The van der Waals surface area contributed by atoms with Crippen LogP contribution in [0.2, 0.25) is 0 Å². The van der Waals surface area contributed by atoms with E-state index in [2.05, 4.69) is 0 Å². The van der Waals surface area contributed by atoms with Gasteiger partial charge in [0.15, 0.2) is 0 Å². The summed E-state index contributed by atoms with van der Waals surface area (Å²) in [5, 5.41) is 0. The molecule has 2 aliphatic carbocycles. The molecule has 0 aliphatic heterocycles. The second-order valence-electron chi connectivity index (χ2n) is 3.51. The lowest BCUT2D eigenvalue weighted by Gasteiger charge is -2.04. The minimum absolute atomic E-state index is 1.10. The SMILES string of the molecule is C1CCCC2C[C]2CC1. The minimum Gasteiger partial charge on any atom is -0.0533 e. The Labute approximate surface area is 57.6 Å². The van der Waals surface area contributed by atoms with Crippen LogP contribution >= 0.6 is 0 Å². The Morgan fingerprint density at radius 1 is 1.00 bits per heavy atom. The predicted octanol–water partition coefficient (Wildman–Crippen LogP) is 2.93. The van der Waals surface area contributed by atoms with Crippen LogP contribution in [0.15, 0.2) is 0 Å². The van der Waals surface area contributed by atoms with Crippen LogP contribution in [0.3, 0.4) is 0 Å². The van der Waals surface area contributed by atoms with E-state index >= 15 is 0 Å². The number of hydrogen-bond acceptors (Lipinski definition) is 0. The van der Waals surface area contributed by atoms with Crippen molar-refractivity contribution in [3.05, 3.63) is 5.92 Å². The molecule has 1 unspecified atom stereocenters. The third-order valence-corrected chi connectivity index (χ3v) is 2.73. The molecule has 0 aromatic carbocycles. The number of rotatable bonds is 0. The van der Waals surface area contributed by atoms with Gasteiger partial charge in [0.2, 0.25) is 0 Å². The van der Waals surface area contributed by atoms with Gasteiger partial charge in [0.1, 0.15) is 0 Å². The Morgan fingerprint density at radius 2 is 1.89 bits per heavy atom. The van der Waals surface area contributed by atoms with Crippen molar-refractivity contribution in [1.82, 2.24) is 0 Å². The van der Waals surface area contributed by atoms with Crippen LogP contribution in [0.4, 0.5) is 0 Å². The van der Waals surface area contributed by atoms with E-state index in [1.807, 2.05) is 5.92 Å². The van der Waals surface area contributed by atoms with Crippen LogP contribution in [0.1, 0.15) is 44.9 Å². The molecule has 0 amide bonds. The third kappa shape index (κ3) is 1.28. The van der Waals surface area contributed by atoms with Gasteiger partial charge >= 0.3 is 0 Å². The van der Waals surface area contributed by atoms with E-state index in [1.54, 1.807) is 0 Å². The van der Waals surface area contributed by atoms with E-state index in [-0.39, 0.29) is 0 Å². The van der Waals surface area contributed by atoms with Gasteiger partial charge in [-0.3, -0.25) is 0 Å². The fraction of sp³-hybridized carbons (Fsp3) is 0.889. The maximum Gasteiger partial charge on any atom is -0.0207 e. The lowest BCUT2D eigenvalue weighted by molar-refractivity contribution is 0.551. The van der Waals surface area contributed by atoms with Gasteiger partial charge < -0.3 is 0 Å². The molecule has 0 saturated heterocycles. The molecule has 0 heterocycles. The second kappa shape index (κ2) is 2.32. The average Bonchev–Trinajstić information content (AvgIpc) is 2.46. The molecule has 1 atom stereocenters. The van der Waals surface area contributed by atoms with E-state index < -0.39 is 0 Å². The molecule has 0 heteroatoms. The van der Waals surface area contributed by atoms with E-state index in [9.17, 15) is 0 Å². The molecule has 0 aromatic heterocycles. The van der Waals surface area contributed by atoms with Gasteiger partial charge in [-0.15, -0.1) is 0 Å². The van der Waals surface area contributed by atoms with Crippen LogP contribution in [0.25, 0.3) is 0 Å². The van der Waals surface area contributed by atoms with E-state index in [0.717, 1.165) is 5.92 Å². The van der Waals surface area contributed by atoms with Crippen LogP contribution in [0, 0.1) is 11.8 Å². The molecule has 0 bridgehead atoms. The summed E-state index contributed by atoms with van der Waals surface area (Å²) in [5.74, 6) is 3.00. The van der Waals surface area contributed by atoms with E-state index in [1.165, 1.54) is 44.9 Å². The molecule has 2 fully saturated rings. The highest BCUT2D eigenvalue weighted by atomic mass is 14.4. The molecule has 0 spiro atoms. The van der Waals surface area contributed by atoms with Crippen LogP contribution in [-0.2, 0) is 0 Å². The molecule has 2 rings (SSSR count). The number of hydrogen-bond donors (Lipinski definition) is 0. The quantitative estimate of drug-likeness (QED) is 0.464. The van der Waals surface area contributed by atoms with Crippen molar-refractivity contribution in [2.75, 3.05) is 0 Å². The zero-order valence-corrected chi connectivity index (χ0v) is 6.03. The van der Waals surface area contributed by atoms with Crippen molar-refractivity contribution in [3.63, 3.8) is 0 Å². The Bertz CT molecular complexity index is 84.2. The monoisotopic (exact) mass is 123 g/mol. The first-order valence-corrected chi connectivity index (χ1v) is 4.31. The smallest absolute Gasteiger partial charge is 0.0207 e. The molecule has 2 saturated carbocycles. The van der Waals surface area contributed by atoms with Gasteiger partial charge in [0.25, 0.3) is 0 Å². The van der Waals surface area contributed by atoms with E-state index in [4.69, 9.17) is 0 Å². The molecule has 0 nitrogen and oxygen atoms in total. The molecule has 9 heavy (non-hydrogen) atoms. The third-order valence-electron chi connectivity index (χ3n) is 2.73. The molecule has 51 valence electrons. The van der Waals surface area contributed by atoms with Crippen molar-refractivity contribution >= 4 is 0 Å². The summed E-state index contributed by atoms with van der Waals surface area (Å²) < 4.78 is 0. The molecule has 2 aliphatic rings. The fourth-order valence-electron chi connectivity index (χ4n) is 1.97. The van der Waals surface area contributed by atoms with Gasteiger partial charge in [-0.05, 0) is 31.1 Å². The largest absolute Gasteiger partial charge is 0.0533 e. The van der Waals surface area contributed by atoms with Crippen molar-refractivity contribution in [2.45, 2.75) is 44.9 Å². The van der Waals surface area contributed by atoms with Gasteiger partial charge in [-0.1, -0.05) is 25.7 Å². The molecule has 0 aromatic rings. The Balaban J connectivity index is 1.81. The van der Waals surface area contributed by atoms with Crippen molar-refractivity contribution < 1.29 is 0 Å². The summed E-state index contributed by atoms with van der Waals surface area (Å²) in [6.07, 6.45) is 10.5. The summed E-state index contributed by atoms with van der Waals surface area (Å²) in [6, 6.07) is 0. The Kier molecular flexibility index (Phi) is 1.48. The lowest BCUT2D eigenvalue weighted by atomic mass is 10.0. The maximum atomic E-state index is 1.90. The molecular weight excluding hydrogens is 108 g/mol. The van der Waals surface area contributed by atoms with Crippen molar-refractivity contribution in [3.8, 4) is 0 Å². The highest BCUT2D eigenvalue weighted by Gasteiger charge is 2.36. The highest BCUT2D eigenvalue weighted by Crippen LogP contribution is 2.49. The van der Waals surface area contributed by atoms with Crippen molar-refractivity contribution in [1.29, 1.82) is 0 Å². The molecular formula is C9H15. The van der Waals surface area contributed by atoms with Crippen LogP contribution in [-0.4, -0.2) is 0 Å².